The molecule has 0 saturated carbocycles. The largest absolute Gasteiger partial charge is 0.373 e. The molecule has 1 aromatic rings. The fourth-order valence-electron chi connectivity index (χ4n) is 1.56. The second-order valence-corrected chi connectivity index (χ2v) is 3.97. The molecule has 0 radical (unpaired) electrons. The van der Waals surface area contributed by atoms with Gasteiger partial charge in [-0.1, -0.05) is 0 Å². The Kier molecular flexibility index (Phi) is 3.47. The van der Waals surface area contributed by atoms with Gasteiger partial charge in [0.2, 0.25) is 0 Å². The van der Waals surface area contributed by atoms with E-state index in [9.17, 15) is 0 Å². The van der Waals surface area contributed by atoms with Crippen molar-refractivity contribution in [3.8, 4) is 0 Å². The van der Waals surface area contributed by atoms with Crippen LogP contribution < -0.4 is 10.6 Å². The van der Waals surface area contributed by atoms with Gasteiger partial charge in [0.15, 0.2) is 0 Å². The van der Waals surface area contributed by atoms with E-state index in [1.54, 1.807) is 0 Å². The van der Waals surface area contributed by atoms with Gasteiger partial charge < -0.3 is 10.6 Å². The third-order valence-corrected chi connectivity index (χ3v) is 2.18. The summed E-state index contributed by atoms with van der Waals surface area (Å²) in [5, 5.41) is 0. The highest BCUT2D eigenvalue weighted by atomic mass is 15.1. The molecule has 0 spiro atoms. The summed E-state index contributed by atoms with van der Waals surface area (Å²) in [5.74, 6) is 0. The zero-order valence-corrected chi connectivity index (χ0v) is 9.41. The van der Waals surface area contributed by atoms with Crippen LogP contribution in [-0.4, -0.2) is 24.6 Å². The Morgan fingerprint density at radius 1 is 1.50 bits per heavy atom. The molecule has 1 heterocycles. The SMILES string of the molecule is Cc1cc(N(C)CC(C)N)c(C)cn1. The summed E-state index contributed by atoms with van der Waals surface area (Å²) in [7, 11) is 2.06. The Labute approximate surface area is 85.9 Å². The molecular weight excluding hydrogens is 174 g/mol. The van der Waals surface area contributed by atoms with E-state index in [2.05, 4.69) is 29.9 Å². The lowest BCUT2D eigenvalue weighted by Crippen LogP contribution is -2.33. The number of pyridine rings is 1. The summed E-state index contributed by atoms with van der Waals surface area (Å²) in [5.41, 5.74) is 9.22. The maximum absolute atomic E-state index is 5.76. The summed E-state index contributed by atoms with van der Waals surface area (Å²) in [6, 6.07) is 2.28. The fourth-order valence-corrected chi connectivity index (χ4v) is 1.56. The van der Waals surface area contributed by atoms with Crippen molar-refractivity contribution in [3.63, 3.8) is 0 Å². The Balaban J connectivity index is 2.88. The fraction of sp³-hybridized carbons (Fsp3) is 0.545. The van der Waals surface area contributed by atoms with Gasteiger partial charge in [-0.2, -0.15) is 0 Å². The van der Waals surface area contributed by atoms with Crippen LogP contribution in [0.15, 0.2) is 12.3 Å². The predicted octanol–water partition coefficient (Wildman–Crippen LogP) is 1.48. The van der Waals surface area contributed by atoms with Crippen LogP contribution in [0.25, 0.3) is 0 Å². The van der Waals surface area contributed by atoms with Crippen LogP contribution in [0.1, 0.15) is 18.2 Å². The zero-order chi connectivity index (χ0) is 10.7. The highest BCUT2D eigenvalue weighted by Gasteiger charge is 2.06. The second kappa shape index (κ2) is 4.42. The third-order valence-electron chi connectivity index (χ3n) is 2.18. The van der Waals surface area contributed by atoms with Crippen LogP contribution in [0.3, 0.4) is 0 Å². The first-order valence-corrected chi connectivity index (χ1v) is 4.90. The molecule has 14 heavy (non-hydrogen) atoms. The lowest BCUT2D eigenvalue weighted by molar-refractivity contribution is 0.716. The molecule has 3 nitrogen and oxygen atoms in total. The van der Waals surface area contributed by atoms with E-state index in [4.69, 9.17) is 5.73 Å². The van der Waals surface area contributed by atoms with Gasteiger partial charge in [-0.15, -0.1) is 0 Å². The number of rotatable bonds is 3. The van der Waals surface area contributed by atoms with Gasteiger partial charge in [0.05, 0.1) is 0 Å². The minimum Gasteiger partial charge on any atom is -0.373 e. The molecular formula is C11H19N3. The molecule has 3 heteroatoms. The number of aromatic nitrogens is 1. The van der Waals surface area contributed by atoms with Crippen LogP contribution >= 0.6 is 0 Å². The van der Waals surface area contributed by atoms with Gasteiger partial charge in [-0.25, -0.2) is 0 Å². The number of aryl methyl sites for hydroxylation is 2. The highest BCUT2D eigenvalue weighted by molar-refractivity contribution is 5.52. The van der Waals surface area contributed by atoms with Gasteiger partial charge in [0, 0.05) is 37.2 Å². The molecule has 0 bridgehead atoms. The molecule has 0 aliphatic carbocycles. The Bertz CT molecular complexity index is 307. The lowest BCUT2D eigenvalue weighted by atomic mass is 10.2. The minimum atomic E-state index is 0.188. The number of hydrogen-bond donors (Lipinski definition) is 1. The minimum absolute atomic E-state index is 0.188. The van der Waals surface area contributed by atoms with Gasteiger partial charge in [0.25, 0.3) is 0 Å². The first-order valence-electron chi connectivity index (χ1n) is 4.90. The topological polar surface area (TPSA) is 42.1 Å². The summed E-state index contributed by atoms with van der Waals surface area (Å²) in [6.07, 6.45) is 1.91. The number of likely N-dealkylation sites (N-methyl/N-ethyl adjacent to an activating group) is 1. The van der Waals surface area contributed by atoms with Gasteiger partial charge in [-0.3, -0.25) is 4.98 Å². The molecule has 1 atom stereocenters. The predicted molar refractivity (Wildman–Crippen MR) is 60.6 cm³/mol. The van der Waals surface area contributed by atoms with Crippen molar-refractivity contribution in [1.29, 1.82) is 0 Å². The summed E-state index contributed by atoms with van der Waals surface area (Å²) in [4.78, 5) is 6.42. The van der Waals surface area contributed by atoms with Crippen molar-refractivity contribution in [2.24, 2.45) is 5.73 Å². The summed E-state index contributed by atoms with van der Waals surface area (Å²) >= 11 is 0. The van der Waals surface area contributed by atoms with Crippen LogP contribution in [0.5, 0.6) is 0 Å². The van der Waals surface area contributed by atoms with E-state index < -0.39 is 0 Å². The van der Waals surface area contributed by atoms with Gasteiger partial charge in [0.1, 0.15) is 0 Å². The molecule has 78 valence electrons. The highest BCUT2D eigenvalue weighted by Crippen LogP contribution is 2.18. The monoisotopic (exact) mass is 193 g/mol. The van der Waals surface area contributed by atoms with E-state index in [0.717, 1.165) is 12.2 Å². The Morgan fingerprint density at radius 3 is 2.71 bits per heavy atom. The average Bonchev–Trinajstić information content (AvgIpc) is 2.08. The Morgan fingerprint density at radius 2 is 2.14 bits per heavy atom. The molecule has 1 rings (SSSR count). The smallest absolute Gasteiger partial charge is 0.0427 e. The first-order chi connectivity index (χ1) is 6.50. The molecule has 0 aliphatic rings. The number of nitrogens with two attached hydrogens (primary N) is 1. The lowest BCUT2D eigenvalue weighted by Gasteiger charge is -2.23. The van der Waals surface area contributed by atoms with Crippen molar-refractivity contribution >= 4 is 5.69 Å². The first kappa shape index (κ1) is 11.0. The van der Waals surface area contributed by atoms with Gasteiger partial charge in [-0.05, 0) is 32.4 Å². The maximum atomic E-state index is 5.76. The molecule has 1 unspecified atom stereocenters. The Hall–Kier alpha value is -1.09. The maximum Gasteiger partial charge on any atom is 0.0427 e. The molecule has 0 aliphatic heterocycles. The van der Waals surface area contributed by atoms with Crippen molar-refractivity contribution < 1.29 is 0 Å². The third kappa shape index (κ3) is 2.70. The average molecular weight is 193 g/mol. The number of nitrogens with zero attached hydrogens (tertiary/aromatic N) is 2. The number of hydrogen-bond acceptors (Lipinski definition) is 3. The van der Waals surface area contributed by atoms with E-state index in [1.807, 2.05) is 20.0 Å². The van der Waals surface area contributed by atoms with Gasteiger partial charge >= 0.3 is 0 Å². The van der Waals surface area contributed by atoms with E-state index >= 15 is 0 Å². The van der Waals surface area contributed by atoms with Crippen LogP contribution in [0.2, 0.25) is 0 Å². The number of anilines is 1. The molecule has 0 aromatic carbocycles. The van der Waals surface area contributed by atoms with Crippen LogP contribution in [-0.2, 0) is 0 Å². The normalized spacial score (nSPS) is 12.6. The van der Waals surface area contributed by atoms with Crippen molar-refractivity contribution in [2.75, 3.05) is 18.5 Å². The molecule has 2 N–H and O–H groups in total. The van der Waals surface area contributed by atoms with Crippen LogP contribution in [0.4, 0.5) is 5.69 Å². The van der Waals surface area contributed by atoms with E-state index in [0.29, 0.717) is 0 Å². The standard InChI is InChI=1S/C11H19N3/c1-8-6-13-10(3)5-11(8)14(4)7-9(2)12/h5-6,9H,7,12H2,1-4H3. The summed E-state index contributed by atoms with van der Waals surface area (Å²) in [6.45, 7) is 6.95. The van der Waals surface area contributed by atoms with Crippen molar-refractivity contribution in [3.05, 3.63) is 23.5 Å². The van der Waals surface area contributed by atoms with E-state index in [-0.39, 0.29) is 6.04 Å². The molecule has 0 fully saturated rings. The zero-order valence-electron chi connectivity index (χ0n) is 9.41. The van der Waals surface area contributed by atoms with Crippen molar-refractivity contribution in [1.82, 2.24) is 4.98 Å². The van der Waals surface area contributed by atoms with Crippen molar-refractivity contribution in [2.45, 2.75) is 26.8 Å². The van der Waals surface area contributed by atoms with E-state index in [1.165, 1.54) is 11.3 Å². The molecule has 0 saturated heterocycles. The molecule has 0 amide bonds. The second-order valence-electron chi connectivity index (χ2n) is 3.97. The quantitative estimate of drug-likeness (QED) is 0.790. The van der Waals surface area contributed by atoms with Crippen LogP contribution in [0, 0.1) is 13.8 Å². The molecule has 1 aromatic heterocycles. The summed E-state index contributed by atoms with van der Waals surface area (Å²) < 4.78 is 0.